The highest BCUT2D eigenvalue weighted by Crippen LogP contribution is 2.39. The number of fused-ring (bicyclic) bond motifs is 1. The fourth-order valence-electron chi connectivity index (χ4n) is 3.58. The van der Waals surface area contributed by atoms with Crippen molar-refractivity contribution >= 4 is 6.08 Å². The molecule has 0 heteroatoms. The maximum Gasteiger partial charge on any atom is -0.00542 e. The van der Waals surface area contributed by atoms with Crippen LogP contribution in [-0.2, 0) is 6.42 Å². The molecule has 4 rings (SSSR count). The van der Waals surface area contributed by atoms with Gasteiger partial charge in [-0.15, -0.1) is 0 Å². The number of allylic oxidation sites excluding steroid dienone is 1. The molecule has 0 N–H and O–H groups in total. The van der Waals surface area contributed by atoms with Crippen molar-refractivity contribution < 1.29 is 0 Å². The van der Waals surface area contributed by atoms with E-state index in [-0.39, 0.29) is 0 Å². The molecule has 118 valence electrons. The Morgan fingerprint density at radius 3 is 1.67 bits per heavy atom. The fraction of sp³-hybridized carbons (Fsp3) is 0.167. The van der Waals surface area contributed by atoms with Gasteiger partial charge in [-0.2, -0.15) is 0 Å². The molecule has 0 aromatic heterocycles. The summed E-state index contributed by atoms with van der Waals surface area (Å²) in [6, 6.07) is 22.3. The molecular formula is C24H22. The minimum atomic E-state index is 1.05. The van der Waals surface area contributed by atoms with E-state index in [4.69, 9.17) is 0 Å². The normalized spacial score (nSPS) is 12.9. The van der Waals surface area contributed by atoms with Gasteiger partial charge in [0.25, 0.3) is 0 Å². The van der Waals surface area contributed by atoms with Crippen LogP contribution in [0.5, 0.6) is 0 Å². The van der Waals surface area contributed by atoms with Gasteiger partial charge >= 0.3 is 0 Å². The maximum atomic E-state index is 2.36. The van der Waals surface area contributed by atoms with Crippen LogP contribution >= 0.6 is 0 Å². The van der Waals surface area contributed by atoms with Crippen molar-refractivity contribution in [2.75, 3.05) is 0 Å². The van der Waals surface area contributed by atoms with E-state index in [2.05, 4.69) is 87.5 Å². The Kier molecular flexibility index (Phi) is 3.61. The van der Waals surface area contributed by atoms with Gasteiger partial charge in [0.2, 0.25) is 0 Å². The van der Waals surface area contributed by atoms with Gasteiger partial charge < -0.3 is 0 Å². The van der Waals surface area contributed by atoms with Gasteiger partial charge in [0.1, 0.15) is 0 Å². The van der Waals surface area contributed by atoms with Gasteiger partial charge in [-0.3, -0.25) is 0 Å². The standard InChI is InChI=1S/C24H22/c1-16-4-8-19(9-5-16)21-12-13-22(20-10-6-17(2)7-11-20)24-15-18(3)14-23(21)24/h4-14H,15H2,1-3H3. The zero-order valence-electron chi connectivity index (χ0n) is 14.6. The topological polar surface area (TPSA) is 0 Å². The first-order valence-corrected chi connectivity index (χ1v) is 8.59. The first-order valence-electron chi connectivity index (χ1n) is 8.59. The monoisotopic (exact) mass is 310 g/mol. The predicted molar refractivity (Wildman–Crippen MR) is 104 cm³/mol. The molecule has 1 aliphatic carbocycles. The molecule has 0 amide bonds. The van der Waals surface area contributed by atoms with Gasteiger partial charge in [0.15, 0.2) is 0 Å². The third kappa shape index (κ3) is 2.59. The van der Waals surface area contributed by atoms with Crippen molar-refractivity contribution in [3.63, 3.8) is 0 Å². The maximum absolute atomic E-state index is 2.36. The molecule has 0 radical (unpaired) electrons. The summed E-state index contributed by atoms with van der Waals surface area (Å²) in [6.07, 6.45) is 3.42. The van der Waals surface area contributed by atoms with E-state index in [1.165, 1.54) is 50.1 Å². The third-order valence-electron chi connectivity index (χ3n) is 4.93. The van der Waals surface area contributed by atoms with E-state index < -0.39 is 0 Å². The predicted octanol–water partition coefficient (Wildman–Crippen LogP) is 6.60. The van der Waals surface area contributed by atoms with E-state index in [0.29, 0.717) is 0 Å². The van der Waals surface area contributed by atoms with Crippen LogP contribution in [0.3, 0.4) is 0 Å². The molecule has 3 aromatic rings. The highest BCUT2D eigenvalue weighted by molar-refractivity contribution is 5.86. The Morgan fingerprint density at radius 1 is 0.583 bits per heavy atom. The van der Waals surface area contributed by atoms with Crippen LogP contribution in [0.25, 0.3) is 28.3 Å². The molecule has 0 nitrogen and oxygen atoms in total. The summed E-state index contributed by atoms with van der Waals surface area (Å²) in [6.45, 7) is 6.51. The highest BCUT2D eigenvalue weighted by atomic mass is 14.2. The molecule has 0 saturated carbocycles. The first-order chi connectivity index (χ1) is 11.6. The van der Waals surface area contributed by atoms with Gasteiger partial charge in [0, 0.05) is 0 Å². The lowest BCUT2D eigenvalue weighted by molar-refractivity contribution is 1.20. The summed E-state index contributed by atoms with van der Waals surface area (Å²) in [7, 11) is 0. The molecule has 3 aromatic carbocycles. The third-order valence-corrected chi connectivity index (χ3v) is 4.93. The van der Waals surface area contributed by atoms with Crippen molar-refractivity contribution in [3.05, 3.63) is 88.5 Å². The van der Waals surface area contributed by atoms with Crippen LogP contribution in [0.15, 0.2) is 66.2 Å². The van der Waals surface area contributed by atoms with E-state index >= 15 is 0 Å². The van der Waals surface area contributed by atoms with E-state index in [9.17, 15) is 0 Å². The summed E-state index contributed by atoms with van der Waals surface area (Å²) in [5.74, 6) is 0. The second-order valence-electron chi connectivity index (χ2n) is 6.95. The number of hydrogen-bond donors (Lipinski definition) is 0. The molecule has 0 spiro atoms. The fourth-order valence-corrected chi connectivity index (χ4v) is 3.58. The Morgan fingerprint density at radius 2 is 1.08 bits per heavy atom. The van der Waals surface area contributed by atoms with Crippen LogP contribution in [0, 0.1) is 13.8 Å². The number of rotatable bonds is 2. The number of aryl methyl sites for hydroxylation is 2. The molecule has 0 aliphatic heterocycles. The average molecular weight is 310 g/mol. The van der Waals surface area contributed by atoms with Crippen LogP contribution in [0.1, 0.15) is 29.2 Å². The summed E-state index contributed by atoms with van der Waals surface area (Å²) in [5, 5.41) is 0. The van der Waals surface area contributed by atoms with Crippen molar-refractivity contribution in [2.45, 2.75) is 27.2 Å². The summed E-state index contributed by atoms with van der Waals surface area (Å²) in [5.41, 5.74) is 12.3. The van der Waals surface area contributed by atoms with Crippen LogP contribution in [-0.4, -0.2) is 0 Å². The lowest BCUT2D eigenvalue weighted by atomic mass is 9.90. The lowest BCUT2D eigenvalue weighted by Gasteiger charge is -2.14. The Balaban J connectivity index is 1.88. The summed E-state index contributed by atoms with van der Waals surface area (Å²) >= 11 is 0. The number of benzene rings is 3. The van der Waals surface area contributed by atoms with Gasteiger partial charge in [-0.1, -0.05) is 83.4 Å². The van der Waals surface area contributed by atoms with E-state index in [0.717, 1.165) is 6.42 Å². The van der Waals surface area contributed by atoms with E-state index in [1.807, 2.05) is 0 Å². The van der Waals surface area contributed by atoms with Crippen LogP contribution in [0.4, 0.5) is 0 Å². The van der Waals surface area contributed by atoms with Gasteiger partial charge in [-0.05, 0) is 60.6 Å². The Hall–Kier alpha value is -2.60. The SMILES string of the molecule is CC1=Cc2c(-c3ccc(C)cc3)ccc(-c3ccc(C)cc3)c2C1. The number of hydrogen-bond acceptors (Lipinski definition) is 0. The minimum absolute atomic E-state index is 1.05. The smallest absolute Gasteiger partial charge is 0.00542 e. The molecule has 0 unspecified atom stereocenters. The summed E-state index contributed by atoms with van der Waals surface area (Å²) < 4.78 is 0. The average Bonchev–Trinajstić information content (AvgIpc) is 2.97. The van der Waals surface area contributed by atoms with Crippen LogP contribution < -0.4 is 0 Å². The zero-order chi connectivity index (χ0) is 16.7. The molecule has 0 atom stereocenters. The van der Waals surface area contributed by atoms with Crippen molar-refractivity contribution in [3.8, 4) is 22.3 Å². The van der Waals surface area contributed by atoms with Crippen molar-refractivity contribution in [1.29, 1.82) is 0 Å². The van der Waals surface area contributed by atoms with Gasteiger partial charge in [-0.25, -0.2) is 0 Å². The highest BCUT2D eigenvalue weighted by Gasteiger charge is 2.19. The molecule has 0 fully saturated rings. The minimum Gasteiger partial charge on any atom is -0.0683 e. The second kappa shape index (κ2) is 5.79. The Bertz CT molecular complexity index is 923. The van der Waals surface area contributed by atoms with Gasteiger partial charge in [0.05, 0.1) is 0 Å². The summed E-state index contributed by atoms with van der Waals surface area (Å²) in [4.78, 5) is 0. The van der Waals surface area contributed by atoms with Crippen LogP contribution in [0.2, 0.25) is 0 Å². The first kappa shape index (κ1) is 15.0. The molecule has 0 heterocycles. The largest absolute Gasteiger partial charge is 0.0683 e. The zero-order valence-corrected chi connectivity index (χ0v) is 14.6. The van der Waals surface area contributed by atoms with Crippen molar-refractivity contribution in [2.24, 2.45) is 0 Å². The molecule has 0 saturated heterocycles. The van der Waals surface area contributed by atoms with E-state index in [1.54, 1.807) is 0 Å². The molecule has 1 aliphatic rings. The molecule has 24 heavy (non-hydrogen) atoms. The molecular weight excluding hydrogens is 288 g/mol. The second-order valence-corrected chi connectivity index (χ2v) is 6.95. The molecule has 0 bridgehead atoms. The lowest BCUT2D eigenvalue weighted by Crippen LogP contribution is -1.93. The Labute approximate surface area is 144 Å². The van der Waals surface area contributed by atoms with Crippen molar-refractivity contribution in [1.82, 2.24) is 0 Å². The quantitative estimate of drug-likeness (QED) is 0.500.